The first kappa shape index (κ1) is 31.8. The average molecular weight is 604 g/mol. The molecular formula is C34H41N3O7. The molecule has 0 aromatic heterocycles. The van der Waals surface area contributed by atoms with Gasteiger partial charge in [0, 0.05) is 51.0 Å². The maximum absolute atomic E-state index is 12.2. The summed E-state index contributed by atoms with van der Waals surface area (Å²) in [6.07, 6.45) is 0.934. The summed E-state index contributed by atoms with van der Waals surface area (Å²) in [6, 6.07) is 23.9. The summed E-state index contributed by atoms with van der Waals surface area (Å²) in [5, 5.41) is 31.0. The Kier molecular flexibility index (Phi) is 11.1. The third kappa shape index (κ3) is 8.72. The van der Waals surface area contributed by atoms with E-state index in [-0.39, 0.29) is 43.7 Å². The second kappa shape index (κ2) is 15.4. The normalized spacial score (nSPS) is 22.1. The molecule has 0 saturated carbocycles. The van der Waals surface area contributed by atoms with Crippen LogP contribution in [0.4, 0.5) is 0 Å². The maximum atomic E-state index is 12.2. The van der Waals surface area contributed by atoms with Crippen molar-refractivity contribution >= 4 is 11.8 Å². The fourth-order valence-corrected chi connectivity index (χ4v) is 5.78. The maximum Gasteiger partial charge on any atom is 0.243 e. The van der Waals surface area contributed by atoms with Gasteiger partial charge in [0.25, 0.3) is 0 Å². The number of hydrogen-bond donors (Lipinski definition) is 5. The zero-order chi connectivity index (χ0) is 30.9. The van der Waals surface area contributed by atoms with E-state index in [1.165, 1.54) is 0 Å². The summed E-state index contributed by atoms with van der Waals surface area (Å²) in [5.74, 6) is -0.667. The molecule has 0 spiro atoms. The van der Waals surface area contributed by atoms with Crippen LogP contribution in [0.3, 0.4) is 0 Å². The number of nitrogens with zero attached hydrogens (tertiary/aromatic N) is 1. The van der Waals surface area contributed by atoms with Crippen LogP contribution in [0.15, 0.2) is 72.8 Å². The standard InChI is InChI=1S/C34H41N3O7/c38-22-23-10-12-25(13-11-23)31-18-30(21-37-15-14-29(39)20-37)43-34(44-31)28-7-2-6-27(17-28)26-5-1-4-24(16-26)19-35-32(40)8-3-9-33(41)36-42/h1-2,4-7,10-13,16-17,29-31,34,38-39,42H,3,8-9,14-15,18-22H2,(H,35,40)(H,36,41)/t29-,30+,31-,34-/m0/s1. The molecule has 44 heavy (non-hydrogen) atoms. The van der Waals surface area contributed by atoms with Crippen molar-refractivity contribution in [3.8, 4) is 11.1 Å². The van der Waals surface area contributed by atoms with Crippen LogP contribution in [0.5, 0.6) is 0 Å². The summed E-state index contributed by atoms with van der Waals surface area (Å²) in [6.45, 7) is 2.55. The topological polar surface area (TPSA) is 141 Å². The van der Waals surface area contributed by atoms with E-state index in [1.54, 1.807) is 5.48 Å². The molecule has 0 aliphatic carbocycles. The minimum Gasteiger partial charge on any atom is -0.392 e. The molecule has 4 atom stereocenters. The summed E-state index contributed by atoms with van der Waals surface area (Å²) < 4.78 is 13.1. The molecule has 10 heteroatoms. The lowest BCUT2D eigenvalue weighted by Gasteiger charge is -2.38. The number of likely N-dealkylation sites (tertiary alicyclic amines) is 1. The van der Waals surface area contributed by atoms with Gasteiger partial charge < -0.3 is 25.0 Å². The number of carbonyl (C=O) groups is 2. The molecule has 2 heterocycles. The van der Waals surface area contributed by atoms with Gasteiger partial charge in [-0.15, -0.1) is 0 Å². The predicted octanol–water partition coefficient (Wildman–Crippen LogP) is 3.75. The minimum atomic E-state index is -0.584. The fraction of sp³-hybridized carbons (Fsp3) is 0.412. The lowest BCUT2D eigenvalue weighted by molar-refractivity contribution is -0.252. The van der Waals surface area contributed by atoms with E-state index in [0.29, 0.717) is 32.5 Å². The van der Waals surface area contributed by atoms with Gasteiger partial charge >= 0.3 is 0 Å². The van der Waals surface area contributed by atoms with Gasteiger partial charge in [-0.25, -0.2) is 5.48 Å². The molecule has 0 radical (unpaired) electrons. The Balaban J connectivity index is 1.28. The molecule has 2 amide bonds. The zero-order valence-corrected chi connectivity index (χ0v) is 24.7. The molecule has 3 aromatic rings. The van der Waals surface area contributed by atoms with E-state index in [9.17, 15) is 19.8 Å². The van der Waals surface area contributed by atoms with E-state index < -0.39 is 12.2 Å². The highest BCUT2D eigenvalue weighted by Gasteiger charge is 2.34. The van der Waals surface area contributed by atoms with E-state index in [4.69, 9.17) is 14.7 Å². The minimum absolute atomic E-state index is 0.0106. The number of ether oxygens (including phenoxy) is 2. The number of rotatable bonds is 12. The van der Waals surface area contributed by atoms with Gasteiger partial charge in [-0.1, -0.05) is 60.7 Å². The molecule has 0 bridgehead atoms. The van der Waals surface area contributed by atoms with Gasteiger partial charge in [-0.2, -0.15) is 0 Å². The Labute approximate surface area is 257 Å². The predicted molar refractivity (Wildman–Crippen MR) is 163 cm³/mol. The van der Waals surface area contributed by atoms with E-state index in [0.717, 1.165) is 46.3 Å². The van der Waals surface area contributed by atoms with E-state index >= 15 is 0 Å². The summed E-state index contributed by atoms with van der Waals surface area (Å²) in [4.78, 5) is 25.6. The first-order valence-electron chi connectivity index (χ1n) is 15.2. The quantitative estimate of drug-likeness (QED) is 0.156. The van der Waals surface area contributed by atoms with Crippen LogP contribution in [0.25, 0.3) is 11.1 Å². The lowest BCUT2D eigenvalue weighted by Crippen LogP contribution is -2.38. The van der Waals surface area contributed by atoms with Crippen LogP contribution in [0.2, 0.25) is 0 Å². The molecule has 2 aliphatic heterocycles. The van der Waals surface area contributed by atoms with Crippen molar-refractivity contribution < 1.29 is 34.5 Å². The van der Waals surface area contributed by atoms with Crippen LogP contribution in [0, 0.1) is 0 Å². The molecule has 5 rings (SSSR count). The van der Waals surface area contributed by atoms with Crippen molar-refractivity contribution in [2.24, 2.45) is 0 Å². The number of hydroxylamine groups is 1. The number of amides is 2. The monoisotopic (exact) mass is 603 g/mol. The molecule has 0 unspecified atom stereocenters. The average Bonchev–Trinajstić information content (AvgIpc) is 3.47. The molecule has 3 aromatic carbocycles. The number of β-amino-alcohol motifs (C(OH)–C–C–N with tert-alkyl or cyclic N) is 1. The highest BCUT2D eigenvalue weighted by Crippen LogP contribution is 2.39. The molecule has 2 aliphatic rings. The van der Waals surface area contributed by atoms with E-state index in [2.05, 4.69) is 16.3 Å². The van der Waals surface area contributed by atoms with Gasteiger partial charge in [0.1, 0.15) is 0 Å². The molecule has 2 saturated heterocycles. The molecule has 234 valence electrons. The van der Waals surface area contributed by atoms with Crippen LogP contribution in [0.1, 0.15) is 66.8 Å². The smallest absolute Gasteiger partial charge is 0.243 e. The molecular weight excluding hydrogens is 562 g/mol. The van der Waals surface area contributed by atoms with Crippen LogP contribution in [-0.4, -0.2) is 64.0 Å². The SMILES string of the molecule is O=C(CCCC(=O)NCc1cccc(-c2cccc([C@H]3O[C@@H](CN4CC[C@H](O)C4)C[C@@H](c4ccc(CO)cc4)O3)c2)c1)NO. The second-order valence-electron chi connectivity index (χ2n) is 11.5. The van der Waals surface area contributed by atoms with Gasteiger partial charge in [-0.3, -0.25) is 19.7 Å². The van der Waals surface area contributed by atoms with Crippen molar-refractivity contribution in [2.45, 2.75) is 69.9 Å². The van der Waals surface area contributed by atoms with Gasteiger partial charge in [0.2, 0.25) is 11.8 Å². The van der Waals surface area contributed by atoms with Crippen LogP contribution in [-0.2, 0) is 32.2 Å². The molecule has 5 N–H and O–H groups in total. The number of hydrogen-bond acceptors (Lipinski definition) is 8. The highest BCUT2D eigenvalue weighted by molar-refractivity contribution is 5.78. The lowest BCUT2D eigenvalue weighted by atomic mass is 9.98. The second-order valence-corrected chi connectivity index (χ2v) is 11.5. The first-order valence-corrected chi connectivity index (χ1v) is 15.2. The number of nitrogens with one attached hydrogen (secondary N) is 2. The summed E-state index contributed by atoms with van der Waals surface area (Å²) in [5.41, 5.74) is 7.28. The van der Waals surface area contributed by atoms with Crippen LogP contribution >= 0.6 is 0 Å². The van der Waals surface area contributed by atoms with Gasteiger partial charge in [0.15, 0.2) is 6.29 Å². The third-order valence-electron chi connectivity index (χ3n) is 8.17. The highest BCUT2D eigenvalue weighted by atomic mass is 16.7. The van der Waals surface area contributed by atoms with Crippen molar-refractivity contribution in [2.75, 3.05) is 19.6 Å². The first-order chi connectivity index (χ1) is 21.4. The van der Waals surface area contributed by atoms with Crippen molar-refractivity contribution in [1.29, 1.82) is 0 Å². The molecule has 10 nitrogen and oxygen atoms in total. The van der Waals surface area contributed by atoms with Gasteiger partial charge in [-0.05, 0) is 52.8 Å². The Bertz CT molecular complexity index is 1400. The van der Waals surface area contributed by atoms with Crippen molar-refractivity contribution in [3.63, 3.8) is 0 Å². The Morgan fingerprint density at radius 2 is 1.64 bits per heavy atom. The van der Waals surface area contributed by atoms with Gasteiger partial charge in [0.05, 0.1) is 24.9 Å². The largest absolute Gasteiger partial charge is 0.392 e. The van der Waals surface area contributed by atoms with Crippen molar-refractivity contribution in [1.82, 2.24) is 15.7 Å². The third-order valence-corrected chi connectivity index (χ3v) is 8.17. The molecule has 2 fully saturated rings. The van der Waals surface area contributed by atoms with Crippen LogP contribution < -0.4 is 10.8 Å². The number of carbonyl (C=O) groups excluding carboxylic acids is 2. The Hall–Kier alpha value is -3.64. The Morgan fingerprint density at radius 3 is 2.36 bits per heavy atom. The number of aliphatic hydroxyl groups excluding tert-OH is 2. The van der Waals surface area contributed by atoms with E-state index in [1.807, 2.05) is 66.7 Å². The zero-order valence-electron chi connectivity index (χ0n) is 24.7. The number of benzene rings is 3. The number of aliphatic hydroxyl groups is 2. The summed E-state index contributed by atoms with van der Waals surface area (Å²) in [7, 11) is 0. The summed E-state index contributed by atoms with van der Waals surface area (Å²) >= 11 is 0. The van der Waals surface area contributed by atoms with Crippen molar-refractivity contribution in [3.05, 3.63) is 95.1 Å². The Morgan fingerprint density at radius 1 is 0.886 bits per heavy atom. The fourth-order valence-electron chi connectivity index (χ4n) is 5.78.